The molecule has 0 unspecified atom stereocenters. The number of anilines is 3. The Kier molecular flexibility index (Phi) is 8.79. The zero-order chi connectivity index (χ0) is 41.0. The first-order valence-corrected chi connectivity index (χ1v) is 21.3. The van der Waals surface area contributed by atoms with Crippen LogP contribution in [0.25, 0.3) is 45.5 Å². The standard InChI is InChI=1S/C60H45N/c1-59(2)56-40-43(34-38-51(56)52-39-37-49(41-57(52)59)61(47-22-11-5-12-23-47)48-24-13-6-14-25-48)31-30-42-32-35-44(36-33-42)50-27-17-29-55-58(50)53-26-15-16-28-54(53)60(55,45-18-7-3-8-19-45)46-20-9-4-10-21-46/h3-41H,1-2H3/b31-30+. The molecule has 1 heteroatoms. The van der Waals surface area contributed by atoms with E-state index in [1.807, 2.05) is 0 Å². The Bertz CT molecular complexity index is 2990. The first-order chi connectivity index (χ1) is 30.0. The van der Waals surface area contributed by atoms with E-state index in [-0.39, 0.29) is 5.41 Å². The molecule has 9 aromatic carbocycles. The van der Waals surface area contributed by atoms with Gasteiger partial charge in [-0.2, -0.15) is 0 Å². The van der Waals surface area contributed by atoms with E-state index in [2.05, 4.69) is 255 Å². The van der Waals surface area contributed by atoms with E-state index < -0.39 is 5.41 Å². The van der Waals surface area contributed by atoms with E-state index in [0.29, 0.717) is 0 Å². The van der Waals surface area contributed by atoms with Crippen LogP contribution in [0, 0.1) is 0 Å². The van der Waals surface area contributed by atoms with Crippen LogP contribution < -0.4 is 4.90 Å². The normalized spacial score (nSPS) is 13.9. The number of rotatable bonds is 8. The molecule has 11 rings (SSSR count). The molecule has 0 N–H and O–H groups in total. The van der Waals surface area contributed by atoms with Crippen molar-refractivity contribution in [2.45, 2.75) is 24.7 Å². The van der Waals surface area contributed by atoms with Crippen molar-refractivity contribution in [1.82, 2.24) is 0 Å². The van der Waals surface area contributed by atoms with Crippen LogP contribution in [0.5, 0.6) is 0 Å². The second-order valence-corrected chi connectivity index (χ2v) is 16.9. The molecule has 0 aromatic heterocycles. The molecule has 0 bridgehead atoms. The Balaban J connectivity index is 0.910. The Labute approximate surface area is 359 Å². The first kappa shape index (κ1) is 36.6. The Morgan fingerprint density at radius 3 is 1.48 bits per heavy atom. The van der Waals surface area contributed by atoms with Gasteiger partial charge in [0.05, 0.1) is 5.41 Å². The lowest BCUT2D eigenvalue weighted by Gasteiger charge is -2.34. The van der Waals surface area contributed by atoms with Crippen LogP contribution in [0.2, 0.25) is 0 Å². The summed E-state index contributed by atoms with van der Waals surface area (Å²) in [6.07, 6.45) is 4.51. The highest BCUT2D eigenvalue weighted by molar-refractivity contribution is 5.96. The Morgan fingerprint density at radius 1 is 0.344 bits per heavy atom. The summed E-state index contributed by atoms with van der Waals surface area (Å²) < 4.78 is 0. The maximum Gasteiger partial charge on any atom is 0.0713 e. The maximum absolute atomic E-state index is 2.40. The van der Waals surface area contributed by atoms with Crippen molar-refractivity contribution < 1.29 is 0 Å². The van der Waals surface area contributed by atoms with Gasteiger partial charge < -0.3 is 4.90 Å². The molecular weight excluding hydrogens is 735 g/mol. The molecule has 2 aliphatic carbocycles. The number of fused-ring (bicyclic) bond motifs is 6. The molecule has 0 saturated carbocycles. The summed E-state index contributed by atoms with van der Waals surface area (Å²) in [7, 11) is 0. The zero-order valence-corrected chi connectivity index (χ0v) is 34.5. The van der Waals surface area contributed by atoms with Gasteiger partial charge in [-0.1, -0.05) is 214 Å². The van der Waals surface area contributed by atoms with Crippen LogP contribution in [0.15, 0.2) is 224 Å². The number of nitrogens with zero attached hydrogens (tertiary/aromatic N) is 1. The quantitative estimate of drug-likeness (QED) is 0.139. The molecule has 0 spiro atoms. The van der Waals surface area contributed by atoms with Crippen LogP contribution in [0.3, 0.4) is 0 Å². The van der Waals surface area contributed by atoms with Gasteiger partial charge in [-0.3, -0.25) is 0 Å². The Morgan fingerprint density at radius 2 is 0.836 bits per heavy atom. The summed E-state index contributed by atoms with van der Waals surface area (Å²) in [6, 6.07) is 82.3. The average Bonchev–Trinajstić information content (AvgIpc) is 3.75. The highest BCUT2D eigenvalue weighted by atomic mass is 15.1. The summed E-state index contributed by atoms with van der Waals surface area (Å²) in [5.41, 5.74) is 20.9. The number of benzene rings is 9. The van der Waals surface area contributed by atoms with Gasteiger partial charge in [-0.15, -0.1) is 0 Å². The zero-order valence-electron chi connectivity index (χ0n) is 34.5. The van der Waals surface area contributed by atoms with E-state index in [4.69, 9.17) is 0 Å². The smallest absolute Gasteiger partial charge is 0.0713 e. The third kappa shape index (κ3) is 5.92. The fourth-order valence-electron chi connectivity index (χ4n) is 10.3. The lowest BCUT2D eigenvalue weighted by molar-refractivity contribution is 0.660. The summed E-state index contributed by atoms with van der Waals surface area (Å²) in [4.78, 5) is 2.35. The summed E-state index contributed by atoms with van der Waals surface area (Å²) in [6.45, 7) is 4.73. The van der Waals surface area contributed by atoms with Crippen LogP contribution in [0.4, 0.5) is 17.1 Å². The first-order valence-electron chi connectivity index (χ1n) is 21.3. The lowest BCUT2D eigenvalue weighted by Crippen LogP contribution is -2.28. The van der Waals surface area contributed by atoms with Crippen molar-refractivity contribution >= 4 is 29.2 Å². The third-order valence-corrected chi connectivity index (χ3v) is 13.1. The number of hydrogen-bond donors (Lipinski definition) is 0. The van der Waals surface area contributed by atoms with Crippen molar-refractivity contribution in [2.24, 2.45) is 0 Å². The molecule has 0 fully saturated rings. The maximum atomic E-state index is 2.40. The Hall–Kier alpha value is -7.48. The molecule has 0 heterocycles. The molecule has 0 radical (unpaired) electrons. The minimum Gasteiger partial charge on any atom is -0.310 e. The molecule has 290 valence electrons. The average molecular weight is 780 g/mol. The predicted molar refractivity (Wildman–Crippen MR) is 257 cm³/mol. The molecule has 0 amide bonds. The van der Waals surface area contributed by atoms with E-state index in [0.717, 1.165) is 17.1 Å². The number of hydrogen-bond acceptors (Lipinski definition) is 1. The topological polar surface area (TPSA) is 3.24 Å². The molecule has 0 aliphatic heterocycles. The van der Waals surface area contributed by atoms with Crippen LogP contribution >= 0.6 is 0 Å². The van der Waals surface area contributed by atoms with E-state index in [1.54, 1.807) is 0 Å². The summed E-state index contributed by atoms with van der Waals surface area (Å²) in [5, 5.41) is 0. The molecular formula is C60H45N. The van der Waals surface area contributed by atoms with E-state index >= 15 is 0 Å². The molecule has 0 saturated heterocycles. The minimum absolute atomic E-state index is 0.154. The van der Waals surface area contributed by atoms with Crippen LogP contribution in [-0.4, -0.2) is 0 Å². The lowest BCUT2D eigenvalue weighted by atomic mass is 9.67. The molecule has 61 heavy (non-hydrogen) atoms. The monoisotopic (exact) mass is 779 g/mol. The van der Waals surface area contributed by atoms with Gasteiger partial charge in [0.15, 0.2) is 0 Å². The van der Waals surface area contributed by atoms with E-state index in [1.165, 1.54) is 77.9 Å². The van der Waals surface area contributed by atoms with Crippen molar-refractivity contribution in [1.29, 1.82) is 0 Å². The van der Waals surface area contributed by atoms with Crippen molar-refractivity contribution in [3.8, 4) is 33.4 Å². The van der Waals surface area contributed by atoms with Crippen LogP contribution in [0.1, 0.15) is 58.4 Å². The summed E-state index contributed by atoms with van der Waals surface area (Å²) in [5.74, 6) is 0. The molecule has 1 nitrogen and oxygen atoms in total. The third-order valence-electron chi connectivity index (χ3n) is 13.1. The highest BCUT2D eigenvalue weighted by Crippen LogP contribution is 2.58. The van der Waals surface area contributed by atoms with Gasteiger partial charge >= 0.3 is 0 Å². The molecule has 0 atom stereocenters. The van der Waals surface area contributed by atoms with Gasteiger partial charge in [0.25, 0.3) is 0 Å². The molecule has 2 aliphatic rings. The van der Waals surface area contributed by atoms with Gasteiger partial charge in [0.1, 0.15) is 0 Å². The van der Waals surface area contributed by atoms with Gasteiger partial charge in [-0.05, 0) is 114 Å². The van der Waals surface area contributed by atoms with Crippen molar-refractivity contribution in [2.75, 3.05) is 4.90 Å². The SMILES string of the molecule is CC1(C)c2cc(/C=C/c3ccc(-c4cccc5c4-c4ccccc4C5(c4ccccc4)c4ccccc4)cc3)ccc2-c2ccc(N(c3ccccc3)c3ccccc3)cc21. The fraction of sp³-hybridized carbons (Fsp3) is 0.0667. The van der Waals surface area contributed by atoms with Gasteiger partial charge in [-0.25, -0.2) is 0 Å². The largest absolute Gasteiger partial charge is 0.310 e. The van der Waals surface area contributed by atoms with Crippen molar-refractivity contribution in [3.05, 3.63) is 269 Å². The molecule has 9 aromatic rings. The second kappa shape index (κ2) is 14.7. The van der Waals surface area contributed by atoms with Gasteiger partial charge in [0, 0.05) is 22.5 Å². The summed E-state index contributed by atoms with van der Waals surface area (Å²) >= 11 is 0. The number of para-hydroxylation sites is 2. The van der Waals surface area contributed by atoms with E-state index in [9.17, 15) is 0 Å². The predicted octanol–water partition coefficient (Wildman–Crippen LogP) is 15.7. The minimum atomic E-state index is -0.411. The second-order valence-electron chi connectivity index (χ2n) is 16.9. The van der Waals surface area contributed by atoms with Gasteiger partial charge in [0.2, 0.25) is 0 Å². The van der Waals surface area contributed by atoms with Crippen molar-refractivity contribution in [3.63, 3.8) is 0 Å². The fourth-order valence-corrected chi connectivity index (χ4v) is 10.3. The van der Waals surface area contributed by atoms with Crippen LogP contribution in [-0.2, 0) is 10.8 Å². The highest BCUT2D eigenvalue weighted by Gasteiger charge is 2.46.